The van der Waals surface area contributed by atoms with Crippen molar-refractivity contribution >= 4 is 0 Å². The average Bonchev–Trinajstić information content (AvgIpc) is 2.36. The zero-order chi connectivity index (χ0) is 7.40. The van der Waals surface area contributed by atoms with E-state index >= 15 is 0 Å². The summed E-state index contributed by atoms with van der Waals surface area (Å²) >= 11 is 0. The highest BCUT2D eigenvalue weighted by atomic mass is 16.5. The van der Waals surface area contributed by atoms with Gasteiger partial charge in [-0.3, -0.25) is 0 Å². The van der Waals surface area contributed by atoms with Gasteiger partial charge in [-0.25, -0.2) is 0 Å². The molecule has 0 aliphatic carbocycles. The molecular formula is C8H11NO. The molecule has 0 radical (unpaired) electrons. The van der Waals surface area contributed by atoms with Crippen molar-refractivity contribution in [3.63, 3.8) is 0 Å². The van der Waals surface area contributed by atoms with Crippen LogP contribution in [0.25, 0.3) is 0 Å². The molecular weight excluding hydrogens is 126 g/mol. The number of ether oxygens (including phenoxy) is 1. The Balaban J connectivity index is 2.77. The van der Waals surface area contributed by atoms with Gasteiger partial charge < -0.3 is 10.5 Å². The van der Waals surface area contributed by atoms with Gasteiger partial charge >= 0.3 is 0 Å². The summed E-state index contributed by atoms with van der Waals surface area (Å²) < 4.78 is 5.19. The fraction of sp³-hybridized carbons (Fsp3) is 0.250. The summed E-state index contributed by atoms with van der Waals surface area (Å²) in [6, 6.07) is 0. The second-order valence-electron chi connectivity index (χ2n) is 2.06. The Kier molecular flexibility index (Phi) is 2.15. The minimum atomic E-state index is 0.739. The van der Waals surface area contributed by atoms with Crippen LogP contribution in [-0.2, 0) is 4.74 Å². The summed E-state index contributed by atoms with van der Waals surface area (Å²) in [5.41, 5.74) is 6.43. The SMILES string of the molecule is C=C/C=C1/CCO/C1=C/N. The van der Waals surface area contributed by atoms with Crippen molar-refractivity contribution < 1.29 is 4.74 Å². The van der Waals surface area contributed by atoms with Crippen LogP contribution in [0, 0.1) is 0 Å². The lowest BCUT2D eigenvalue weighted by atomic mass is 10.2. The van der Waals surface area contributed by atoms with Gasteiger partial charge in [-0.2, -0.15) is 0 Å². The van der Waals surface area contributed by atoms with Crippen LogP contribution >= 0.6 is 0 Å². The molecule has 1 aliphatic heterocycles. The summed E-state index contributed by atoms with van der Waals surface area (Å²) in [7, 11) is 0. The second kappa shape index (κ2) is 3.11. The average molecular weight is 137 g/mol. The summed E-state index contributed by atoms with van der Waals surface area (Å²) in [4.78, 5) is 0. The molecule has 2 nitrogen and oxygen atoms in total. The maximum atomic E-state index is 5.29. The van der Waals surface area contributed by atoms with Crippen LogP contribution in [0.3, 0.4) is 0 Å². The predicted molar refractivity (Wildman–Crippen MR) is 41.1 cm³/mol. The summed E-state index contributed by atoms with van der Waals surface area (Å²) in [5.74, 6) is 0.792. The van der Waals surface area contributed by atoms with Crippen LogP contribution in [0.15, 0.2) is 36.3 Å². The topological polar surface area (TPSA) is 35.2 Å². The van der Waals surface area contributed by atoms with E-state index in [0.29, 0.717) is 0 Å². The van der Waals surface area contributed by atoms with Gasteiger partial charge in [-0.15, -0.1) is 0 Å². The Hall–Kier alpha value is -1.18. The molecule has 0 spiro atoms. The van der Waals surface area contributed by atoms with Crippen molar-refractivity contribution in [1.29, 1.82) is 0 Å². The Morgan fingerprint density at radius 1 is 1.60 bits per heavy atom. The Labute approximate surface area is 60.7 Å². The molecule has 0 aromatic rings. The van der Waals surface area contributed by atoms with Crippen molar-refractivity contribution in [1.82, 2.24) is 0 Å². The Morgan fingerprint density at radius 2 is 2.40 bits per heavy atom. The smallest absolute Gasteiger partial charge is 0.138 e. The fourth-order valence-electron chi connectivity index (χ4n) is 0.950. The highest BCUT2D eigenvalue weighted by Gasteiger charge is 2.12. The largest absolute Gasteiger partial charge is 0.491 e. The van der Waals surface area contributed by atoms with Gasteiger partial charge in [0.1, 0.15) is 5.76 Å². The molecule has 1 saturated heterocycles. The Morgan fingerprint density at radius 3 is 3.00 bits per heavy atom. The quantitative estimate of drug-likeness (QED) is 0.591. The lowest BCUT2D eigenvalue weighted by Crippen LogP contribution is -1.87. The van der Waals surface area contributed by atoms with Crippen molar-refractivity contribution in [2.45, 2.75) is 6.42 Å². The van der Waals surface area contributed by atoms with E-state index in [0.717, 1.165) is 24.4 Å². The molecule has 0 bridgehead atoms. The third-order valence-electron chi connectivity index (χ3n) is 1.42. The predicted octanol–water partition coefficient (Wildman–Crippen LogP) is 1.32. The highest BCUT2D eigenvalue weighted by molar-refractivity contribution is 5.31. The molecule has 10 heavy (non-hydrogen) atoms. The lowest BCUT2D eigenvalue weighted by Gasteiger charge is -1.95. The molecule has 0 atom stereocenters. The summed E-state index contributed by atoms with van der Waals surface area (Å²) in [5, 5.41) is 0. The molecule has 2 N–H and O–H groups in total. The van der Waals surface area contributed by atoms with Crippen molar-refractivity contribution in [3.8, 4) is 0 Å². The first-order chi connectivity index (χ1) is 4.88. The van der Waals surface area contributed by atoms with Gasteiger partial charge in [0.15, 0.2) is 0 Å². The molecule has 2 heteroatoms. The standard InChI is InChI=1S/C8H11NO/c1-2-3-7-4-5-10-8(7)6-9/h2-3,6H,1,4-5,9H2/b7-3-,8-6+. The number of allylic oxidation sites excluding steroid dienone is 3. The monoisotopic (exact) mass is 137 g/mol. The molecule has 0 unspecified atom stereocenters. The number of rotatable bonds is 1. The Bertz CT molecular complexity index is 191. The van der Waals surface area contributed by atoms with Crippen molar-refractivity contribution in [2.75, 3.05) is 6.61 Å². The van der Waals surface area contributed by atoms with Gasteiger partial charge in [0.05, 0.1) is 6.61 Å². The number of hydrogen-bond donors (Lipinski definition) is 1. The van der Waals surface area contributed by atoms with E-state index < -0.39 is 0 Å². The molecule has 54 valence electrons. The van der Waals surface area contributed by atoms with Crippen molar-refractivity contribution in [3.05, 3.63) is 36.3 Å². The molecule has 0 aromatic carbocycles. The molecule has 1 aliphatic rings. The van der Waals surface area contributed by atoms with Crippen LogP contribution in [0.1, 0.15) is 6.42 Å². The molecule has 1 rings (SSSR count). The third kappa shape index (κ3) is 1.21. The fourth-order valence-corrected chi connectivity index (χ4v) is 0.950. The minimum absolute atomic E-state index is 0.739. The zero-order valence-corrected chi connectivity index (χ0v) is 5.84. The van der Waals surface area contributed by atoms with Crippen LogP contribution < -0.4 is 5.73 Å². The maximum Gasteiger partial charge on any atom is 0.138 e. The zero-order valence-electron chi connectivity index (χ0n) is 5.84. The molecule has 1 heterocycles. The highest BCUT2D eigenvalue weighted by Crippen LogP contribution is 2.22. The van der Waals surface area contributed by atoms with E-state index in [1.165, 1.54) is 6.20 Å². The van der Waals surface area contributed by atoms with Crippen LogP contribution in [0.2, 0.25) is 0 Å². The van der Waals surface area contributed by atoms with E-state index in [4.69, 9.17) is 10.5 Å². The second-order valence-corrected chi connectivity index (χ2v) is 2.06. The van der Waals surface area contributed by atoms with E-state index in [1.54, 1.807) is 6.08 Å². The first kappa shape index (κ1) is 6.93. The maximum absolute atomic E-state index is 5.29. The molecule has 0 amide bonds. The first-order valence-corrected chi connectivity index (χ1v) is 3.25. The van der Waals surface area contributed by atoms with Crippen LogP contribution in [0.5, 0.6) is 0 Å². The van der Waals surface area contributed by atoms with E-state index in [2.05, 4.69) is 6.58 Å². The van der Waals surface area contributed by atoms with Gasteiger partial charge in [0.2, 0.25) is 0 Å². The number of nitrogens with two attached hydrogens (primary N) is 1. The van der Waals surface area contributed by atoms with Crippen molar-refractivity contribution in [2.24, 2.45) is 5.73 Å². The third-order valence-corrected chi connectivity index (χ3v) is 1.42. The van der Waals surface area contributed by atoms with E-state index in [1.807, 2.05) is 6.08 Å². The van der Waals surface area contributed by atoms with Crippen LogP contribution in [-0.4, -0.2) is 6.61 Å². The lowest BCUT2D eigenvalue weighted by molar-refractivity contribution is 0.265. The normalized spacial score (nSPS) is 25.2. The summed E-state index contributed by atoms with van der Waals surface area (Å²) in [6.07, 6.45) is 6.09. The number of hydrogen-bond acceptors (Lipinski definition) is 2. The molecule has 1 fully saturated rings. The van der Waals surface area contributed by atoms with Gasteiger partial charge in [-0.05, 0) is 5.57 Å². The van der Waals surface area contributed by atoms with Crippen LogP contribution in [0.4, 0.5) is 0 Å². The minimum Gasteiger partial charge on any atom is -0.491 e. The van der Waals surface area contributed by atoms with Gasteiger partial charge in [0.25, 0.3) is 0 Å². The molecule has 0 saturated carbocycles. The van der Waals surface area contributed by atoms with E-state index in [-0.39, 0.29) is 0 Å². The van der Waals surface area contributed by atoms with E-state index in [9.17, 15) is 0 Å². The first-order valence-electron chi connectivity index (χ1n) is 3.25. The van der Waals surface area contributed by atoms with Gasteiger partial charge in [0, 0.05) is 12.6 Å². The summed E-state index contributed by atoms with van der Waals surface area (Å²) in [6.45, 7) is 4.33. The molecule has 0 aromatic heterocycles. The van der Waals surface area contributed by atoms with Gasteiger partial charge in [-0.1, -0.05) is 18.7 Å².